The molecule has 0 amide bonds. The van der Waals surface area contributed by atoms with Crippen molar-refractivity contribution < 1.29 is 9.90 Å². The van der Waals surface area contributed by atoms with Crippen LogP contribution in [0.5, 0.6) is 0 Å². The highest BCUT2D eigenvalue weighted by atomic mass is 32.1. The lowest BCUT2D eigenvalue weighted by Gasteiger charge is -2.19. The number of aryl methyl sites for hydroxylation is 1. The molecule has 112 valence electrons. The highest BCUT2D eigenvalue weighted by molar-refractivity contribution is 7.08. The van der Waals surface area contributed by atoms with Gasteiger partial charge in [-0.15, -0.1) is 0 Å². The highest BCUT2D eigenvalue weighted by Gasteiger charge is 2.19. The SMILES string of the molecule is Cc1cscc1CNc1cc(C(=O)O)cc(C(C)(C)C)n1. The zero-order valence-corrected chi connectivity index (χ0v) is 13.5. The van der Waals surface area contributed by atoms with E-state index in [1.807, 2.05) is 20.8 Å². The molecule has 5 heteroatoms. The molecule has 0 saturated heterocycles. The van der Waals surface area contributed by atoms with E-state index in [9.17, 15) is 9.90 Å². The molecule has 2 aromatic rings. The van der Waals surface area contributed by atoms with Gasteiger partial charge in [-0.25, -0.2) is 9.78 Å². The van der Waals surface area contributed by atoms with E-state index < -0.39 is 5.97 Å². The molecule has 0 fully saturated rings. The minimum atomic E-state index is -0.933. The molecule has 0 atom stereocenters. The maximum absolute atomic E-state index is 11.3. The molecule has 2 heterocycles. The Bertz CT molecular complexity index is 657. The fourth-order valence-corrected chi connectivity index (χ4v) is 2.74. The van der Waals surface area contributed by atoms with Crippen molar-refractivity contribution >= 4 is 23.1 Å². The summed E-state index contributed by atoms with van der Waals surface area (Å²) in [6.07, 6.45) is 0. The van der Waals surface area contributed by atoms with Crippen LogP contribution in [0.15, 0.2) is 22.9 Å². The molecular weight excluding hydrogens is 284 g/mol. The largest absolute Gasteiger partial charge is 0.478 e. The number of nitrogens with zero attached hydrogens (tertiary/aromatic N) is 1. The molecule has 2 aromatic heterocycles. The van der Waals surface area contributed by atoms with Gasteiger partial charge in [-0.05, 0) is 40.9 Å². The number of aromatic carboxylic acids is 1. The molecule has 21 heavy (non-hydrogen) atoms. The highest BCUT2D eigenvalue weighted by Crippen LogP contribution is 2.24. The van der Waals surface area contributed by atoms with Gasteiger partial charge in [0.05, 0.1) is 5.56 Å². The molecule has 0 unspecified atom stereocenters. The van der Waals surface area contributed by atoms with Crippen LogP contribution in [-0.2, 0) is 12.0 Å². The van der Waals surface area contributed by atoms with Crippen LogP contribution in [0, 0.1) is 6.92 Å². The first-order valence-corrected chi connectivity index (χ1v) is 7.73. The summed E-state index contributed by atoms with van der Waals surface area (Å²) in [6, 6.07) is 3.22. The van der Waals surface area contributed by atoms with Crippen molar-refractivity contribution in [2.24, 2.45) is 0 Å². The van der Waals surface area contributed by atoms with Crippen molar-refractivity contribution in [3.05, 3.63) is 45.3 Å². The Hall–Kier alpha value is -1.88. The fraction of sp³-hybridized carbons (Fsp3) is 0.375. The predicted octanol–water partition coefficient (Wildman–Crippen LogP) is 4.06. The van der Waals surface area contributed by atoms with Crippen LogP contribution < -0.4 is 5.32 Å². The number of anilines is 1. The summed E-state index contributed by atoms with van der Waals surface area (Å²) in [6.45, 7) is 8.78. The molecule has 0 aliphatic rings. The number of pyridine rings is 1. The van der Waals surface area contributed by atoms with E-state index in [-0.39, 0.29) is 11.0 Å². The number of carboxylic acids is 1. The van der Waals surface area contributed by atoms with Crippen LogP contribution >= 0.6 is 11.3 Å². The first kappa shape index (κ1) is 15.5. The molecule has 0 saturated carbocycles. The van der Waals surface area contributed by atoms with Crippen LogP contribution in [0.2, 0.25) is 0 Å². The Morgan fingerprint density at radius 3 is 2.57 bits per heavy atom. The lowest BCUT2D eigenvalue weighted by molar-refractivity contribution is 0.0696. The summed E-state index contributed by atoms with van der Waals surface area (Å²) < 4.78 is 0. The van der Waals surface area contributed by atoms with Gasteiger partial charge < -0.3 is 10.4 Å². The molecule has 0 aliphatic carbocycles. The van der Waals surface area contributed by atoms with Crippen molar-refractivity contribution in [1.82, 2.24) is 4.98 Å². The Balaban J connectivity index is 2.28. The van der Waals surface area contributed by atoms with E-state index in [1.54, 1.807) is 23.5 Å². The van der Waals surface area contributed by atoms with Gasteiger partial charge in [0.15, 0.2) is 0 Å². The van der Waals surface area contributed by atoms with E-state index in [4.69, 9.17) is 0 Å². The van der Waals surface area contributed by atoms with Gasteiger partial charge in [0, 0.05) is 17.7 Å². The van der Waals surface area contributed by atoms with E-state index in [2.05, 4.69) is 28.0 Å². The number of rotatable bonds is 4. The summed E-state index contributed by atoms with van der Waals surface area (Å²) in [5, 5.41) is 16.7. The minimum absolute atomic E-state index is 0.194. The molecule has 4 nitrogen and oxygen atoms in total. The zero-order valence-electron chi connectivity index (χ0n) is 12.7. The minimum Gasteiger partial charge on any atom is -0.478 e. The summed E-state index contributed by atoms with van der Waals surface area (Å²) >= 11 is 1.66. The molecule has 0 spiro atoms. The van der Waals surface area contributed by atoms with Gasteiger partial charge in [-0.3, -0.25) is 0 Å². The lowest BCUT2D eigenvalue weighted by Crippen LogP contribution is -2.16. The molecule has 2 rings (SSSR count). The van der Waals surface area contributed by atoms with Crippen molar-refractivity contribution in [1.29, 1.82) is 0 Å². The van der Waals surface area contributed by atoms with E-state index >= 15 is 0 Å². The predicted molar refractivity (Wildman–Crippen MR) is 86.3 cm³/mol. The number of carbonyl (C=O) groups is 1. The molecular formula is C16H20N2O2S. The zero-order chi connectivity index (χ0) is 15.6. The van der Waals surface area contributed by atoms with Crippen LogP contribution in [0.25, 0.3) is 0 Å². The van der Waals surface area contributed by atoms with E-state index in [0.29, 0.717) is 12.4 Å². The third-order valence-electron chi connectivity index (χ3n) is 3.26. The average molecular weight is 304 g/mol. The third-order valence-corrected chi connectivity index (χ3v) is 4.17. The summed E-state index contributed by atoms with van der Waals surface area (Å²) in [5.74, 6) is -0.330. The average Bonchev–Trinajstić information content (AvgIpc) is 2.80. The van der Waals surface area contributed by atoms with Crippen molar-refractivity contribution in [3.8, 4) is 0 Å². The van der Waals surface area contributed by atoms with Crippen LogP contribution in [0.3, 0.4) is 0 Å². The Morgan fingerprint density at radius 2 is 2.05 bits per heavy atom. The van der Waals surface area contributed by atoms with Crippen molar-refractivity contribution in [2.75, 3.05) is 5.32 Å². The smallest absolute Gasteiger partial charge is 0.335 e. The van der Waals surface area contributed by atoms with Crippen LogP contribution in [-0.4, -0.2) is 16.1 Å². The Kier molecular flexibility index (Phi) is 4.32. The second-order valence-electron chi connectivity index (χ2n) is 6.12. The number of aromatic nitrogens is 1. The first-order valence-electron chi connectivity index (χ1n) is 6.79. The number of nitrogens with one attached hydrogen (secondary N) is 1. The second kappa shape index (κ2) is 5.85. The lowest BCUT2D eigenvalue weighted by atomic mass is 9.91. The van der Waals surface area contributed by atoms with Gasteiger partial charge in [0.2, 0.25) is 0 Å². The van der Waals surface area contributed by atoms with Gasteiger partial charge in [-0.1, -0.05) is 20.8 Å². The number of carboxylic acid groups (broad SMARTS) is 1. The maximum atomic E-state index is 11.3. The van der Waals surface area contributed by atoms with Crippen molar-refractivity contribution in [3.63, 3.8) is 0 Å². The van der Waals surface area contributed by atoms with Gasteiger partial charge in [0.1, 0.15) is 5.82 Å². The molecule has 2 N–H and O–H groups in total. The third kappa shape index (κ3) is 3.82. The van der Waals surface area contributed by atoms with E-state index in [0.717, 1.165) is 5.69 Å². The topological polar surface area (TPSA) is 62.2 Å². The van der Waals surface area contributed by atoms with Crippen LogP contribution in [0.1, 0.15) is 48.0 Å². The maximum Gasteiger partial charge on any atom is 0.335 e. The standard InChI is InChI=1S/C16H20N2O2S/c1-10-8-21-9-12(10)7-17-14-6-11(15(19)20)5-13(18-14)16(2,3)4/h5-6,8-9H,7H2,1-4H3,(H,17,18)(H,19,20). The first-order chi connectivity index (χ1) is 9.77. The number of hydrogen-bond acceptors (Lipinski definition) is 4. The quantitative estimate of drug-likeness (QED) is 0.894. The van der Waals surface area contributed by atoms with Gasteiger partial charge in [0.25, 0.3) is 0 Å². The van der Waals surface area contributed by atoms with Gasteiger partial charge >= 0.3 is 5.97 Å². The summed E-state index contributed by atoms with van der Waals surface area (Å²) in [7, 11) is 0. The molecule has 0 bridgehead atoms. The number of thiophene rings is 1. The fourth-order valence-electron chi connectivity index (χ4n) is 1.88. The van der Waals surface area contributed by atoms with Crippen LogP contribution in [0.4, 0.5) is 5.82 Å². The normalized spacial score (nSPS) is 11.4. The Morgan fingerprint density at radius 1 is 1.33 bits per heavy atom. The van der Waals surface area contributed by atoms with Crippen molar-refractivity contribution in [2.45, 2.75) is 39.7 Å². The molecule has 0 aromatic carbocycles. The van der Waals surface area contributed by atoms with E-state index in [1.165, 1.54) is 11.1 Å². The molecule has 0 aliphatic heterocycles. The number of hydrogen-bond donors (Lipinski definition) is 2. The summed E-state index contributed by atoms with van der Waals surface area (Å²) in [4.78, 5) is 15.8. The monoisotopic (exact) mass is 304 g/mol. The second-order valence-corrected chi connectivity index (χ2v) is 6.86. The Labute approximate surface area is 128 Å². The van der Waals surface area contributed by atoms with Gasteiger partial charge in [-0.2, -0.15) is 11.3 Å². The molecule has 0 radical (unpaired) electrons. The summed E-state index contributed by atoms with van der Waals surface area (Å²) in [5.41, 5.74) is 3.28.